The van der Waals surface area contributed by atoms with Gasteiger partial charge in [0.05, 0.1) is 23.5 Å². The van der Waals surface area contributed by atoms with Crippen LogP contribution in [0, 0.1) is 0 Å². The molecular formula is C31H44O5. The van der Waals surface area contributed by atoms with Gasteiger partial charge in [-0.2, -0.15) is 0 Å². The Labute approximate surface area is 216 Å². The Morgan fingerprint density at radius 2 is 1.19 bits per heavy atom. The quantitative estimate of drug-likeness (QED) is 0.186. The minimum absolute atomic E-state index is 0.178. The Bertz CT molecular complexity index is 913. The number of benzene rings is 2. The van der Waals surface area contributed by atoms with Crippen LogP contribution >= 0.6 is 0 Å². The molecule has 0 fully saturated rings. The molecule has 5 heteroatoms. The second-order valence-corrected chi connectivity index (χ2v) is 10.3. The molecule has 2 rings (SSSR count). The van der Waals surface area contributed by atoms with Gasteiger partial charge >= 0.3 is 11.9 Å². The normalized spacial score (nSPS) is 15.4. The van der Waals surface area contributed by atoms with Crippen molar-refractivity contribution in [2.45, 2.75) is 102 Å². The van der Waals surface area contributed by atoms with Crippen molar-refractivity contribution in [3.05, 3.63) is 71.8 Å². The maximum Gasteiger partial charge on any atom is 0.316 e. The molecule has 3 atom stereocenters. The fourth-order valence-electron chi connectivity index (χ4n) is 4.86. The van der Waals surface area contributed by atoms with E-state index in [0.29, 0.717) is 13.0 Å². The number of aliphatic hydroxyl groups is 1. The van der Waals surface area contributed by atoms with Crippen LogP contribution in [0.2, 0.25) is 0 Å². The second kappa shape index (κ2) is 14.8. The average Bonchev–Trinajstić information content (AvgIpc) is 2.89. The number of rotatable bonds is 17. The third-order valence-electron chi connectivity index (χ3n) is 7.45. The summed E-state index contributed by atoms with van der Waals surface area (Å²) < 4.78 is 5.37. The number of carbonyl (C=O) groups excluding carboxylic acids is 1. The Balaban J connectivity index is 1.68. The first-order valence-electron chi connectivity index (χ1n) is 13.4. The minimum Gasteiger partial charge on any atom is -0.481 e. The van der Waals surface area contributed by atoms with E-state index in [9.17, 15) is 19.8 Å². The smallest absolute Gasteiger partial charge is 0.316 e. The molecular weight excluding hydrogens is 452 g/mol. The lowest BCUT2D eigenvalue weighted by Crippen LogP contribution is -2.34. The van der Waals surface area contributed by atoms with E-state index in [1.54, 1.807) is 6.92 Å². The highest BCUT2D eigenvalue weighted by Gasteiger charge is 2.36. The van der Waals surface area contributed by atoms with E-state index in [1.165, 1.54) is 0 Å². The molecule has 3 unspecified atom stereocenters. The Morgan fingerprint density at radius 1 is 0.750 bits per heavy atom. The van der Waals surface area contributed by atoms with E-state index in [0.717, 1.165) is 68.9 Å². The molecule has 0 heterocycles. The van der Waals surface area contributed by atoms with Crippen LogP contribution < -0.4 is 0 Å². The van der Waals surface area contributed by atoms with Crippen molar-refractivity contribution in [1.82, 2.24) is 0 Å². The molecule has 2 aromatic rings. The van der Waals surface area contributed by atoms with E-state index in [-0.39, 0.29) is 12.1 Å². The number of carboxylic acids is 1. The lowest BCUT2D eigenvalue weighted by Gasteiger charge is -2.28. The van der Waals surface area contributed by atoms with Crippen LogP contribution in [0.3, 0.4) is 0 Å². The average molecular weight is 497 g/mol. The van der Waals surface area contributed by atoms with Gasteiger partial charge in [0, 0.05) is 0 Å². The van der Waals surface area contributed by atoms with Crippen molar-refractivity contribution >= 4 is 11.9 Å². The highest BCUT2D eigenvalue weighted by atomic mass is 16.5. The summed E-state index contributed by atoms with van der Waals surface area (Å²) in [5.41, 5.74) is 0.288. The van der Waals surface area contributed by atoms with E-state index in [2.05, 4.69) is 0 Å². The van der Waals surface area contributed by atoms with Gasteiger partial charge < -0.3 is 14.9 Å². The monoisotopic (exact) mass is 496 g/mol. The molecule has 198 valence electrons. The Kier molecular flexibility index (Phi) is 12.1. The lowest BCUT2D eigenvalue weighted by molar-refractivity contribution is -0.150. The van der Waals surface area contributed by atoms with Crippen molar-refractivity contribution in [1.29, 1.82) is 0 Å². The molecule has 2 N–H and O–H groups in total. The topological polar surface area (TPSA) is 83.8 Å². The Hall–Kier alpha value is -2.66. The van der Waals surface area contributed by atoms with Gasteiger partial charge in [-0.05, 0) is 57.6 Å². The van der Waals surface area contributed by atoms with Crippen molar-refractivity contribution in [2.75, 3.05) is 6.61 Å². The summed E-state index contributed by atoms with van der Waals surface area (Å²) in [6, 6.07) is 19.2. The van der Waals surface area contributed by atoms with Gasteiger partial charge in [0.15, 0.2) is 0 Å². The first-order chi connectivity index (χ1) is 17.2. The van der Waals surface area contributed by atoms with Crippen LogP contribution in [0.4, 0.5) is 0 Å². The number of unbranched alkanes of at least 4 members (excludes halogenated alkanes) is 4. The summed E-state index contributed by atoms with van der Waals surface area (Å²) in [7, 11) is 0. The van der Waals surface area contributed by atoms with Gasteiger partial charge in [0.2, 0.25) is 0 Å². The molecule has 0 amide bonds. The van der Waals surface area contributed by atoms with Gasteiger partial charge in [0.25, 0.3) is 0 Å². The van der Waals surface area contributed by atoms with Crippen LogP contribution in [-0.4, -0.2) is 34.9 Å². The second-order valence-electron chi connectivity index (χ2n) is 10.3. The molecule has 0 saturated heterocycles. The standard InChI is InChI=1S/C31H44O5/c1-4-36-29(35)31(3,26-19-11-6-12-20-26)24-16-8-14-22-27(32)21-13-7-15-23-30(2,28(33)34)25-17-9-5-10-18-25/h5-6,9-12,17-20,27,32H,4,7-8,13-16,21-24H2,1-3H3,(H,33,34). The number of hydrogen-bond donors (Lipinski definition) is 2. The van der Waals surface area contributed by atoms with Gasteiger partial charge in [-0.25, -0.2) is 0 Å². The summed E-state index contributed by atoms with van der Waals surface area (Å²) in [5.74, 6) is -0.970. The maximum atomic E-state index is 12.7. The zero-order valence-corrected chi connectivity index (χ0v) is 22.2. The molecule has 36 heavy (non-hydrogen) atoms. The van der Waals surface area contributed by atoms with Crippen LogP contribution in [-0.2, 0) is 25.2 Å². The fourth-order valence-corrected chi connectivity index (χ4v) is 4.86. The number of ether oxygens (including phenoxy) is 1. The first-order valence-corrected chi connectivity index (χ1v) is 13.4. The fraction of sp³-hybridized carbons (Fsp3) is 0.548. The zero-order valence-electron chi connectivity index (χ0n) is 22.2. The minimum atomic E-state index is -0.877. The summed E-state index contributed by atoms with van der Waals surface area (Å²) in [5, 5.41) is 20.2. The van der Waals surface area contributed by atoms with Gasteiger partial charge in [0.1, 0.15) is 0 Å². The number of aliphatic carboxylic acids is 1. The van der Waals surface area contributed by atoms with Crippen LogP contribution in [0.1, 0.15) is 96.1 Å². The van der Waals surface area contributed by atoms with Gasteiger partial charge in [-0.15, -0.1) is 0 Å². The third kappa shape index (κ3) is 8.48. The number of aliphatic hydroxyl groups excluding tert-OH is 1. The molecule has 0 aliphatic heterocycles. The predicted octanol–water partition coefficient (Wildman–Crippen LogP) is 6.81. The molecule has 0 radical (unpaired) electrons. The van der Waals surface area contributed by atoms with Gasteiger partial charge in [-0.3, -0.25) is 9.59 Å². The van der Waals surface area contributed by atoms with E-state index < -0.39 is 16.8 Å². The lowest BCUT2D eigenvalue weighted by atomic mass is 9.78. The van der Waals surface area contributed by atoms with E-state index in [1.807, 2.05) is 74.5 Å². The summed E-state index contributed by atoms with van der Waals surface area (Å²) in [6.45, 7) is 5.96. The van der Waals surface area contributed by atoms with Crippen molar-refractivity contribution in [3.8, 4) is 0 Å². The molecule has 0 aromatic heterocycles. The predicted molar refractivity (Wildman–Crippen MR) is 144 cm³/mol. The van der Waals surface area contributed by atoms with Crippen molar-refractivity contribution in [3.63, 3.8) is 0 Å². The van der Waals surface area contributed by atoms with Crippen LogP contribution in [0.25, 0.3) is 0 Å². The van der Waals surface area contributed by atoms with E-state index >= 15 is 0 Å². The highest BCUT2D eigenvalue weighted by Crippen LogP contribution is 2.32. The largest absolute Gasteiger partial charge is 0.481 e. The SMILES string of the molecule is CCOC(=O)C(C)(CCCCCC(O)CCCCCC(C)(C(=O)O)c1ccccc1)c1ccccc1. The number of hydrogen-bond acceptors (Lipinski definition) is 4. The zero-order chi connectivity index (χ0) is 26.4. The molecule has 2 aromatic carbocycles. The summed E-state index contributed by atoms with van der Waals surface area (Å²) in [6.07, 6.45) is 7.82. The number of esters is 1. The van der Waals surface area contributed by atoms with Crippen LogP contribution in [0.15, 0.2) is 60.7 Å². The van der Waals surface area contributed by atoms with Gasteiger partial charge in [-0.1, -0.05) is 99.2 Å². The molecule has 0 aliphatic carbocycles. The highest BCUT2D eigenvalue weighted by molar-refractivity contribution is 5.82. The molecule has 0 aliphatic rings. The third-order valence-corrected chi connectivity index (χ3v) is 7.45. The molecule has 0 bridgehead atoms. The first kappa shape index (κ1) is 29.6. The molecule has 0 spiro atoms. The Morgan fingerprint density at radius 3 is 1.64 bits per heavy atom. The molecule has 0 saturated carbocycles. The number of carbonyl (C=O) groups is 2. The van der Waals surface area contributed by atoms with Crippen molar-refractivity contribution in [2.24, 2.45) is 0 Å². The van der Waals surface area contributed by atoms with Crippen LogP contribution in [0.5, 0.6) is 0 Å². The summed E-state index contributed by atoms with van der Waals surface area (Å²) >= 11 is 0. The van der Waals surface area contributed by atoms with Crippen molar-refractivity contribution < 1.29 is 24.5 Å². The van der Waals surface area contributed by atoms with E-state index in [4.69, 9.17) is 4.74 Å². The maximum absolute atomic E-state index is 12.7. The summed E-state index contributed by atoms with van der Waals surface area (Å²) in [4.78, 5) is 24.6. The number of carboxylic acid groups (broad SMARTS) is 1. The molecule has 5 nitrogen and oxygen atoms in total.